The second-order valence-corrected chi connectivity index (χ2v) is 4.39. The largest absolute Gasteiger partial charge is 0.478 e. The Hall–Kier alpha value is -2.10. The van der Waals surface area contributed by atoms with Crippen LogP contribution in [0.25, 0.3) is 0 Å². The molecule has 0 spiro atoms. The Morgan fingerprint density at radius 3 is 1.94 bits per heavy atom. The molecular formula is C14H17NO3. The van der Waals surface area contributed by atoms with Gasteiger partial charge >= 0.3 is 5.97 Å². The van der Waals surface area contributed by atoms with E-state index in [1.807, 2.05) is 32.0 Å². The van der Waals surface area contributed by atoms with Crippen molar-refractivity contribution < 1.29 is 14.7 Å². The highest BCUT2D eigenvalue weighted by Crippen LogP contribution is 2.15. The molecule has 2 N–H and O–H groups in total. The lowest BCUT2D eigenvalue weighted by atomic mass is 10.1. The normalized spacial score (nSPS) is 11.8. The standard InChI is InChI=1S/C14H17NO3/c1-8-5-9(2)7-12(6-8)15-13(16)10(3)11(4)14(17)18/h5-7H,1-4H3,(H,15,16)(H,17,18)/b11-10-. The molecule has 0 saturated carbocycles. The zero-order chi connectivity index (χ0) is 13.9. The molecule has 1 aromatic carbocycles. The van der Waals surface area contributed by atoms with E-state index in [0.717, 1.165) is 11.1 Å². The molecule has 4 heteroatoms. The Labute approximate surface area is 106 Å². The summed E-state index contributed by atoms with van der Waals surface area (Å²) >= 11 is 0. The maximum Gasteiger partial charge on any atom is 0.331 e. The van der Waals surface area contributed by atoms with Gasteiger partial charge in [-0.05, 0) is 51.0 Å². The third-order valence-corrected chi connectivity index (χ3v) is 2.70. The molecule has 1 amide bonds. The second-order valence-electron chi connectivity index (χ2n) is 4.39. The quantitative estimate of drug-likeness (QED) is 0.807. The predicted octanol–water partition coefficient (Wildman–Crippen LogP) is 2.66. The Balaban J connectivity index is 2.95. The maximum atomic E-state index is 11.8. The number of anilines is 1. The molecule has 0 fully saturated rings. The lowest BCUT2D eigenvalue weighted by molar-refractivity contribution is -0.133. The van der Waals surface area contributed by atoms with Crippen LogP contribution in [0.4, 0.5) is 5.69 Å². The summed E-state index contributed by atoms with van der Waals surface area (Å²) in [5.41, 5.74) is 3.03. The fourth-order valence-electron chi connectivity index (χ4n) is 1.60. The third-order valence-electron chi connectivity index (χ3n) is 2.70. The number of hydrogen-bond acceptors (Lipinski definition) is 2. The van der Waals surface area contributed by atoms with Gasteiger partial charge in [0.2, 0.25) is 0 Å². The van der Waals surface area contributed by atoms with E-state index < -0.39 is 5.97 Å². The van der Waals surface area contributed by atoms with Gasteiger partial charge in [-0.1, -0.05) is 6.07 Å². The summed E-state index contributed by atoms with van der Waals surface area (Å²) in [5, 5.41) is 11.5. The van der Waals surface area contributed by atoms with E-state index in [4.69, 9.17) is 5.11 Å². The van der Waals surface area contributed by atoms with E-state index in [9.17, 15) is 9.59 Å². The van der Waals surface area contributed by atoms with Gasteiger partial charge in [-0.3, -0.25) is 4.79 Å². The molecule has 0 heterocycles. The lowest BCUT2D eigenvalue weighted by Crippen LogP contribution is -2.16. The first-order valence-electron chi connectivity index (χ1n) is 5.61. The van der Waals surface area contributed by atoms with E-state index in [1.54, 1.807) is 0 Å². The molecule has 96 valence electrons. The number of carboxylic acids is 1. The van der Waals surface area contributed by atoms with Crippen molar-refractivity contribution in [3.63, 3.8) is 0 Å². The number of nitrogens with one attached hydrogen (secondary N) is 1. The van der Waals surface area contributed by atoms with Gasteiger partial charge in [0.15, 0.2) is 0 Å². The van der Waals surface area contributed by atoms with E-state index in [-0.39, 0.29) is 17.1 Å². The number of aryl methyl sites for hydroxylation is 2. The molecule has 1 aromatic rings. The SMILES string of the molecule is C/C(C(=O)O)=C(\C)C(=O)Nc1cc(C)cc(C)c1. The average Bonchev–Trinajstić information content (AvgIpc) is 2.25. The highest BCUT2D eigenvalue weighted by atomic mass is 16.4. The number of benzene rings is 1. The minimum Gasteiger partial charge on any atom is -0.478 e. The van der Waals surface area contributed by atoms with E-state index in [0.29, 0.717) is 5.69 Å². The van der Waals surface area contributed by atoms with Crippen molar-refractivity contribution in [3.8, 4) is 0 Å². The summed E-state index contributed by atoms with van der Waals surface area (Å²) in [6, 6.07) is 5.68. The number of aliphatic carboxylic acids is 1. The Morgan fingerprint density at radius 1 is 1.00 bits per heavy atom. The Morgan fingerprint density at radius 2 is 1.50 bits per heavy atom. The molecular weight excluding hydrogens is 230 g/mol. The van der Waals surface area contributed by atoms with Gasteiger partial charge in [-0.25, -0.2) is 4.79 Å². The Kier molecular flexibility index (Phi) is 4.26. The summed E-state index contributed by atoms with van der Waals surface area (Å²) in [6.45, 7) is 6.79. The molecule has 0 saturated heterocycles. The van der Waals surface area contributed by atoms with Crippen molar-refractivity contribution in [1.29, 1.82) is 0 Å². The molecule has 0 atom stereocenters. The van der Waals surface area contributed by atoms with E-state index in [1.165, 1.54) is 13.8 Å². The molecule has 0 aliphatic heterocycles. The zero-order valence-corrected chi connectivity index (χ0v) is 11.0. The number of rotatable bonds is 3. The number of hydrogen-bond donors (Lipinski definition) is 2. The van der Waals surface area contributed by atoms with Gasteiger partial charge in [0.25, 0.3) is 5.91 Å². The molecule has 18 heavy (non-hydrogen) atoms. The summed E-state index contributed by atoms with van der Waals surface area (Å²) < 4.78 is 0. The van der Waals surface area contributed by atoms with Gasteiger partial charge in [0.1, 0.15) is 0 Å². The minimum absolute atomic E-state index is 0.0527. The van der Waals surface area contributed by atoms with Crippen molar-refractivity contribution in [2.45, 2.75) is 27.7 Å². The topological polar surface area (TPSA) is 66.4 Å². The van der Waals surface area contributed by atoms with Crippen LogP contribution in [0.3, 0.4) is 0 Å². The first kappa shape index (κ1) is 14.0. The van der Waals surface area contributed by atoms with Gasteiger partial charge in [0.05, 0.1) is 0 Å². The number of amides is 1. The molecule has 4 nitrogen and oxygen atoms in total. The third kappa shape index (κ3) is 3.45. The highest BCUT2D eigenvalue weighted by Gasteiger charge is 2.12. The molecule has 0 aliphatic rings. The number of carboxylic acid groups (broad SMARTS) is 1. The lowest BCUT2D eigenvalue weighted by Gasteiger charge is -2.08. The highest BCUT2D eigenvalue weighted by molar-refractivity contribution is 6.08. The smallest absolute Gasteiger partial charge is 0.331 e. The van der Waals surface area contributed by atoms with Crippen LogP contribution in [0.15, 0.2) is 29.3 Å². The molecule has 1 rings (SSSR count). The first-order chi connectivity index (χ1) is 8.31. The molecule has 0 bridgehead atoms. The number of carbonyl (C=O) groups is 2. The van der Waals surface area contributed by atoms with E-state index in [2.05, 4.69) is 5.32 Å². The summed E-state index contributed by atoms with van der Waals surface area (Å²) in [7, 11) is 0. The Bertz CT molecular complexity index is 510. The maximum absolute atomic E-state index is 11.8. The van der Waals surface area contributed by atoms with Crippen LogP contribution in [0, 0.1) is 13.8 Å². The predicted molar refractivity (Wildman–Crippen MR) is 70.6 cm³/mol. The average molecular weight is 247 g/mol. The number of carbonyl (C=O) groups excluding carboxylic acids is 1. The fourth-order valence-corrected chi connectivity index (χ4v) is 1.60. The summed E-state index contributed by atoms with van der Waals surface area (Å²) in [4.78, 5) is 22.6. The van der Waals surface area contributed by atoms with Gasteiger partial charge in [-0.15, -0.1) is 0 Å². The van der Waals surface area contributed by atoms with Gasteiger partial charge < -0.3 is 10.4 Å². The zero-order valence-electron chi connectivity index (χ0n) is 11.0. The second kappa shape index (κ2) is 5.49. The fraction of sp³-hybridized carbons (Fsp3) is 0.286. The van der Waals surface area contributed by atoms with E-state index >= 15 is 0 Å². The van der Waals surface area contributed by atoms with Crippen molar-refractivity contribution in [3.05, 3.63) is 40.5 Å². The van der Waals surface area contributed by atoms with Crippen molar-refractivity contribution in [2.24, 2.45) is 0 Å². The summed E-state index contributed by atoms with van der Waals surface area (Å²) in [6.07, 6.45) is 0. The minimum atomic E-state index is -1.08. The van der Waals surface area contributed by atoms with Gasteiger partial charge in [-0.2, -0.15) is 0 Å². The van der Waals surface area contributed by atoms with Crippen LogP contribution >= 0.6 is 0 Å². The molecule has 0 radical (unpaired) electrons. The van der Waals surface area contributed by atoms with Crippen LogP contribution in [0.5, 0.6) is 0 Å². The van der Waals surface area contributed by atoms with Crippen LogP contribution in [0.1, 0.15) is 25.0 Å². The van der Waals surface area contributed by atoms with Crippen molar-refractivity contribution in [2.75, 3.05) is 5.32 Å². The molecule has 0 aromatic heterocycles. The molecule has 0 aliphatic carbocycles. The van der Waals surface area contributed by atoms with Crippen molar-refractivity contribution in [1.82, 2.24) is 0 Å². The molecule has 0 unspecified atom stereocenters. The first-order valence-corrected chi connectivity index (χ1v) is 5.61. The van der Waals surface area contributed by atoms with Crippen LogP contribution < -0.4 is 5.32 Å². The van der Waals surface area contributed by atoms with Crippen molar-refractivity contribution >= 4 is 17.6 Å². The van der Waals surface area contributed by atoms with Crippen LogP contribution in [0.2, 0.25) is 0 Å². The summed E-state index contributed by atoms with van der Waals surface area (Å²) in [5.74, 6) is -1.47. The van der Waals surface area contributed by atoms with Crippen LogP contribution in [-0.4, -0.2) is 17.0 Å². The van der Waals surface area contributed by atoms with Crippen LogP contribution in [-0.2, 0) is 9.59 Å². The van der Waals surface area contributed by atoms with Gasteiger partial charge in [0, 0.05) is 16.8 Å². The monoisotopic (exact) mass is 247 g/mol.